The van der Waals surface area contributed by atoms with Crippen molar-refractivity contribution in [1.29, 1.82) is 0 Å². The highest BCUT2D eigenvalue weighted by atomic mass is 35.5. The number of rotatable bonds is 3. The van der Waals surface area contributed by atoms with E-state index in [2.05, 4.69) is 0 Å². The monoisotopic (exact) mass is 352 g/mol. The first kappa shape index (κ1) is 16.5. The number of halogens is 5. The van der Waals surface area contributed by atoms with Crippen LogP contribution in [0.5, 0.6) is 0 Å². The van der Waals surface area contributed by atoms with E-state index in [0.717, 1.165) is 0 Å². The number of aliphatic hydroxyl groups excluding tert-OH is 1. The van der Waals surface area contributed by atoms with Crippen LogP contribution in [0.15, 0.2) is 47.4 Å². The molecular weight excluding hydrogens is 344 g/mol. The third-order valence-electron chi connectivity index (χ3n) is 2.68. The summed E-state index contributed by atoms with van der Waals surface area (Å²) in [6.07, 6.45) is -1.05. The van der Waals surface area contributed by atoms with Gasteiger partial charge in [-0.1, -0.05) is 35.3 Å². The summed E-state index contributed by atoms with van der Waals surface area (Å²) in [4.78, 5) is 0.0515. The van der Waals surface area contributed by atoms with Crippen LogP contribution in [0.2, 0.25) is 10.0 Å². The zero-order valence-electron chi connectivity index (χ0n) is 10.4. The maximum atomic E-state index is 12.2. The van der Waals surface area contributed by atoms with Crippen LogP contribution in [0.1, 0.15) is 17.2 Å². The second-order valence-electron chi connectivity index (χ2n) is 4.19. The Morgan fingerprint density at radius 1 is 1.00 bits per heavy atom. The number of aliphatic hydroxyl groups is 1. The van der Waals surface area contributed by atoms with Crippen LogP contribution >= 0.6 is 35.0 Å². The molecule has 0 saturated heterocycles. The second kappa shape index (κ2) is 6.48. The minimum atomic E-state index is -4.34. The molecule has 0 fully saturated rings. The molecule has 2 aromatic carbocycles. The van der Waals surface area contributed by atoms with Gasteiger partial charge in [0.05, 0.1) is 0 Å². The Hall–Kier alpha value is -0.880. The molecule has 2 aromatic rings. The summed E-state index contributed by atoms with van der Waals surface area (Å²) in [5.41, 5.74) is -3.50. The lowest BCUT2D eigenvalue weighted by atomic mass is 10.0. The van der Waals surface area contributed by atoms with Crippen molar-refractivity contribution in [3.63, 3.8) is 0 Å². The van der Waals surface area contributed by atoms with E-state index in [1.165, 1.54) is 30.3 Å². The van der Waals surface area contributed by atoms with Crippen molar-refractivity contribution >= 4 is 35.0 Å². The van der Waals surface area contributed by atoms with Crippen molar-refractivity contribution in [2.45, 2.75) is 16.5 Å². The van der Waals surface area contributed by atoms with Gasteiger partial charge >= 0.3 is 5.51 Å². The van der Waals surface area contributed by atoms with Gasteiger partial charge in [-0.15, -0.1) is 0 Å². The molecule has 0 aliphatic carbocycles. The first-order chi connectivity index (χ1) is 9.76. The molecule has 1 N–H and O–H groups in total. The molecule has 0 radical (unpaired) electrons. The summed E-state index contributed by atoms with van der Waals surface area (Å²) in [6.45, 7) is 0. The van der Waals surface area contributed by atoms with Crippen molar-refractivity contribution in [2.24, 2.45) is 0 Å². The van der Waals surface area contributed by atoms with Crippen LogP contribution in [0, 0.1) is 0 Å². The summed E-state index contributed by atoms with van der Waals surface area (Å²) in [5.74, 6) is 0. The third kappa shape index (κ3) is 4.54. The van der Waals surface area contributed by atoms with E-state index in [1.807, 2.05) is 0 Å². The average molecular weight is 353 g/mol. The van der Waals surface area contributed by atoms with Gasteiger partial charge in [0, 0.05) is 20.5 Å². The van der Waals surface area contributed by atoms with Crippen molar-refractivity contribution in [1.82, 2.24) is 0 Å². The molecule has 1 nitrogen and oxygen atoms in total. The smallest absolute Gasteiger partial charge is 0.384 e. The molecule has 0 saturated carbocycles. The molecule has 1 unspecified atom stereocenters. The van der Waals surface area contributed by atoms with Crippen LogP contribution in [0.25, 0.3) is 0 Å². The van der Waals surface area contributed by atoms with Gasteiger partial charge < -0.3 is 5.11 Å². The number of thioether (sulfide) groups is 1. The van der Waals surface area contributed by atoms with E-state index in [-0.39, 0.29) is 16.7 Å². The fourth-order valence-corrected chi connectivity index (χ4v) is 2.70. The summed E-state index contributed by atoms with van der Waals surface area (Å²) >= 11 is 11.6. The van der Waals surface area contributed by atoms with Crippen LogP contribution in [0.3, 0.4) is 0 Å². The van der Waals surface area contributed by atoms with E-state index in [1.54, 1.807) is 12.1 Å². The van der Waals surface area contributed by atoms with Crippen molar-refractivity contribution < 1.29 is 18.3 Å². The maximum absolute atomic E-state index is 12.2. The van der Waals surface area contributed by atoms with Gasteiger partial charge in [0.1, 0.15) is 6.10 Å². The van der Waals surface area contributed by atoms with Gasteiger partial charge in [-0.2, -0.15) is 13.2 Å². The second-order valence-corrected chi connectivity index (χ2v) is 6.17. The lowest BCUT2D eigenvalue weighted by molar-refractivity contribution is -0.0328. The largest absolute Gasteiger partial charge is 0.446 e. The quantitative estimate of drug-likeness (QED) is 0.716. The fourth-order valence-electron chi connectivity index (χ4n) is 1.76. The zero-order valence-corrected chi connectivity index (χ0v) is 12.7. The first-order valence-corrected chi connectivity index (χ1v) is 7.32. The molecule has 112 valence electrons. The SMILES string of the molecule is OC(c1ccc(SC(F)(F)F)cc1)c1cc(Cl)ccc1Cl. The summed E-state index contributed by atoms with van der Waals surface area (Å²) in [6, 6.07) is 10.1. The van der Waals surface area contributed by atoms with E-state index < -0.39 is 11.6 Å². The summed E-state index contributed by atoms with van der Waals surface area (Å²) < 4.78 is 36.7. The van der Waals surface area contributed by atoms with E-state index >= 15 is 0 Å². The van der Waals surface area contributed by atoms with E-state index in [0.29, 0.717) is 21.2 Å². The molecule has 0 heterocycles. The molecule has 0 aliphatic heterocycles. The molecule has 0 amide bonds. The predicted octanol–water partition coefficient (Wildman–Crippen LogP) is 5.69. The molecular formula is C14H9Cl2F3OS. The molecule has 2 rings (SSSR count). The van der Waals surface area contributed by atoms with Crippen LogP contribution in [-0.2, 0) is 0 Å². The van der Waals surface area contributed by atoms with Gasteiger partial charge in [0.25, 0.3) is 0 Å². The average Bonchev–Trinajstić information content (AvgIpc) is 2.40. The number of benzene rings is 2. The van der Waals surface area contributed by atoms with Crippen molar-refractivity contribution in [2.75, 3.05) is 0 Å². The van der Waals surface area contributed by atoms with E-state index in [4.69, 9.17) is 23.2 Å². The Morgan fingerprint density at radius 2 is 1.62 bits per heavy atom. The van der Waals surface area contributed by atoms with Crippen LogP contribution < -0.4 is 0 Å². The van der Waals surface area contributed by atoms with Gasteiger partial charge in [0.2, 0.25) is 0 Å². The van der Waals surface area contributed by atoms with E-state index in [9.17, 15) is 18.3 Å². The molecule has 1 atom stereocenters. The Labute approximate surface area is 133 Å². The van der Waals surface area contributed by atoms with Gasteiger partial charge in [-0.05, 0) is 47.7 Å². The molecule has 0 bridgehead atoms. The number of alkyl halides is 3. The summed E-state index contributed by atoms with van der Waals surface area (Å²) in [7, 11) is 0. The van der Waals surface area contributed by atoms with Gasteiger partial charge in [-0.3, -0.25) is 0 Å². The molecule has 0 spiro atoms. The maximum Gasteiger partial charge on any atom is 0.446 e. The first-order valence-electron chi connectivity index (χ1n) is 5.75. The normalized spacial score (nSPS) is 13.2. The van der Waals surface area contributed by atoms with Crippen molar-refractivity contribution in [3.8, 4) is 0 Å². The van der Waals surface area contributed by atoms with Gasteiger partial charge in [-0.25, -0.2) is 0 Å². The molecule has 7 heteroatoms. The Morgan fingerprint density at radius 3 is 2.19 bits per heavy atom. The third-order valence-corrected chi connectivity index (χ3v) is 4.00. The predicted molar refractivity (Wildman–Crippen MR) is 78.9 cm³/mol. The van der Waals surface area contributed by atoms with Crippen LogP contribution in [0.4, 0.5) is 13.2 Å². The highest BCUT2D eigenvalue weighted by Crippen LogP contribution is 2.38. The zero-order chi connectivity index (χ0) is 15.6. The lowest BCUT2D eigenvalue weighted by Gasteiger charge is -2.14. The standard InChI is InChI=1S/C14H9Cl2F3OS/c15-9-3-6-12(16)11(7-9)13(20)8-1-4-10(5-2-8)21-14(17,18)19/h1-7,13,20H. The molecule has 21 heavy (non-hydrogen) atoms. The fraction of sp³-hybridized carbons (Fsp3) is 0.143. The highest BCUT2D eigenvalue weighted by Gasteiger charge is 2.29. The molecule has 0 aliphatic rings. The lowest BCUT2D eigenvalue weighted by Crippen LogP contribution is -2.02. The Kier molecular flexibility index (Phi) is 5.09. The minimum Gasteiger partial charge on any atom is -0.384 e. The number of hydrogen-bond donors (Lipinski definition) is 1. The molecule has 0 aromatic heterocycles. The topological polar surface area (TPSA) is 20.2 Å². The van der Waals surface area contributed by atoms with Crippen LogP contribution in [-0.4, -0.2) is 10.6 Å². The minimum absolute atomic E-state index is 0.0515. The Bertz CT molecular complexity index is 629. The van der Waals surface area contributed by atoms with Gasteiger partial charge in [0.15, 0.2) is 0 Å². The highest BCUT2D eigenvalue weighted by molar-refractivity contribution is 8.00. The summed E-state index contributed by atoms with van der Waals surface area (Å²) in [5, 5.41) is 11.0. The van der Waals surface area contributed by atoms with Crippen molar-refractivity contribution in [3.05, 3.63) is 63.6 Å². The Balaban J connectivity index is 2.24. The number of hydrogen-bond acceptors (Lipinski definition) is 2.